The molecule has 1 amide bonds. The van der Waals surface area contributed by atoms with E-state index >= 15 is 0 Å². The van der Waals surface area contributed by atoms with Crippen molar-refractivity contribution in [1.82, 2.24) is 5.32 Å². The molecule has 0 aliphatic heterocycles. The van der Waals surface area contributed by atoms with Gasteiger partial charge in [-0.1, -0.05) is 28.1 Å². The highest BCUT2D eigenvalue weighted by Crippen LogP contribution is 2.41. The van der Waals surface area contributed by atoms with Gasteiger partial charge in [0.2, 0.25) is 5.91 Å². The Morgan fingerprint density at radius 3 is 2.94 bits per heavy atom. The van der Waals surface area contributed by atoms with Crippen molar-refractivity contribution in [3.05, 3.63) is 33.8 Å². The summed E-state index contributed by atoms with van der Waals surface area (Å²) < 4.78 is 1.08. The van der Waals surface area contributed by atoms with E-state index in [1.165, 1.54) is 18.4 Å². The molecule has 0 saturated heterocycles. The summed E-state index contributed by atoms with van der Waals surface area (Å²) in [7, 11) is 0. The molecule has 1 aromatic carbocycles. The number of carbonyl (C=O) groups is 1. The summed E-state index contributed by atoms with van der Waals surface area (Å²) in [5, 5.41) is 3.44. The lowest BCUT2D eigenvalue weighted by Crippen LogP contribution is -2.51. The second kappa shape index (κ2) is 4.35. The van der Waals surface area contributed by atoms with Crippen LogP contribution in [0.25, 0.3) is 0 Å². The molecule has 96 valence electrons. The molecule has 0 bridgehead atoms. The molecule has 0 heterocycles. The van der Waals surface area contributed by atoms with E-state index in [-0.39, 0.29) is 5.91 Å². The quantitative estimate of drug-likeness (QED) is 0.894. The molecular weight excluding hydrogens is 292 g/mol. The number of amides is 1. The predicted molar refractivity (Wildman–Crippen MR) is 74.1 cm³/mol. The van der Waals surface area contributed by atoms with Crippen molar-refractivity contribution in [3.63, 3.8) is 0 Å². The highest BCUT2D eigenvalue weighted by molar-refractivity contribution is 9.10. The van der Waals surface area contributed by atoms with E-state index in [0.717, 1.165) is 35.3 Å². The van der Waals surface area contributed by atoms with Crippen molar-refractivity contribution < 1.29 is 4.79 Å². The average Bonchev–Trinajstić information content (AvgIpc) is 3.08. The Bertz CT molecular complexity index is 499. The van der Waals surface area contributed by atoms with E-state index in [0.29, 0.717) is 0 Å². The van der Waals surface area contributed by atoms with Crippen LogP contribution in [-0.4, -0.2) is 12.5 Å². The Labute approximate surface area is 115 Å². The number of primary amides is 1. The van der Waals surface area contributed by atoms with Gasteiger partial charge >= 0.3 is 0 Å². The largest absolute Gasteiger partial charge is 0.368 e. The Morgan fingerprint density at radius 2 is 2.28 bits per heavy atom. The summed E-state index contributed by atoms with van der Waals surface area (Å²) in [5.74, 6) is 0.484. The maximum atomic E-state index is 12.0. The van der Waals surface area contributed by atoms with E-state index in [1.54, 1.807) is 0 Å². The van der Waals surface area contributed by atoms with Gasteiger partial charge in [-0.25, -0.2) is 0 Å². The van der Waals surface area contributed by atoms with Gasteiger partial charge in [0.25, 0.3) is 0 Å². The Hall–Kier alpha value is -0.870. The van der Waals surface area contributed by atoms with Crippen molar-refractivity contribution in [3.8, 4) is 0 Å². The van der Waals surface area contributed by atoms with Crippen LogP contribution in [-0.2, 0) is 16.8 Å². The Balaban J connectivity index is 1.96. The summed E-state index contributed by atoms with van der Waals surface area (Å²) in [6.07, 6.45) is 4.21. The summed E-state index contributed by atoms with van der Waals surface area (Å²) >= 11 is 3.56. The lowest BCUT2D eigenvalue weighted by Gasteiger charge is -2.28. The maximum absolute atomic E-state index is 12.0. The first-order valence-corrected chi connectivity index (χ1v) is 7.25. The van der Waals surface area contributed by atoms with Crippen molar-refractivity contribution in [2.45, 2.75) is 31.2 Å². The number of nitrogens with one attached hydrogen (secondary N) is 1. The van der Waals surface area contributed by atoms with Gasteiger partial charge in [-0.3, -0.25) is 10.1 Å². The third kappa shape index (κ3) is 1.88. The number of halogens is 1. The molecule has 1 saturated carbocycles. The third-order valence-electron chi connectivity index (χ3n) is 4.14. The molecule has 3 N–H and O–H groups in total. The van der Waals surface area contributed by atoms with Gasteiger partial charge in [0.15, 0.2) is 0 Å². The fraction of sp³-hybridized carbons (Fsp3) is 0.500. The number of carbonyl (C=O) groups excluding carboxylic acids is 1. The van der Waals surface area contributed by atoms with Gasteiger partial charge in [-0.05, 0) is 55.3 Å². The molecule has 1 fully saturated rings. The topological polar surface area (TPSA) is 55.1 Å². The minimum absolute atomic E-state index is 0.250. The molecule has 0 radical (unpaired) electrons. The lowest BCUT2D eigenvalue weighted by atomic mass is 9.90. The minimum Gasteiger partial charge on any atom is -0.368 e. The third-order valence-corrected chi connectivity index (χ3v) is 4.88. The van der Waals surface area contributed by atoms with Crippen LogP contribution in [0.5, 0.6) is 0 Å². The van der Waals surface area contributed by atoms with Gasteiger partial charge in [-0.2, -0.15) is 0 Å². The zero-order chi connectivity index (χ0) is 12.8. The van der Waals surface area contributed by atoms with Crippen LogP contribution in [0.2, 0.25) is 0 Å². The molecule has 1 unspecified atom stereocenters. The van der Waals surface area contributed by atoms with Gasteiger partial charge in [0, 0.05) is 4.47 Å². The molecule has 4 heteroatoms. The molecule has 0 aromatic heterocycles. The fourth-order valence-electron chi connectivity index (χ4n) is 2.83. The van der Waals surface area contributed by atoms with Crippen molar-refractivity contribution >= 4 is 21.8 Å². The van der Waals surface area contributed by atoms with Gasteiger partial charge in [0.05, 0.1) is 0 Å². The Kier molecular flexibility index (Phi) is 2.94. The second-order valence-corrected chi connectivity index (χ2v) is 6.21. The van der Waals surface area contributed by atoms with Crippen molar-refractivity contribution in [1.29, 1.82) is 0 Å². The number of fused-ring (bicyclic) bond motifs is 1. The summed E-state index contributed by atoms with van der Waals surface area (Å²) in [5.41, 5.74) is 7.32. The smallest absolute Gasteiger partial charge is 0.242 e. The highest BCUT2D eigenvalue weighted by atomic mass is 79.9. The fourth-order valence-corrected chi connectivity index (χ4v) is 3.39. The number of nitrogens with two attached hydrogens (primary N) is 1. The molecule has 18 heavy (non-hydrogen) atoms. The summed E-state index contributed by atoms with van der Waals surface area (Å²) in [4.78, 5) is 12.0. The van der Waals surface area contributed by atoms with E-state index in [4.69, 9.17) is 5.73 Å². The van der Waals surface area contributed by atoms with E-state index in [1.807, 2.05) is 18.2 Å². The van der Waals surface area contributed by atoms with Crippen LogP contribution in [0.1, 0.15) is 30.4 Å². The van der Waals surface area contributed by atoms with E-state index in [9.17, 15) is 4.79 Å². The van der Waals surface area contributed by atoms with Crippen LogP contribution in [0.4, 0.5) is 0 Å². The van der Waals surface area contributed by atoms with Gasteiger partial charge in [0.1, 0.15) is 5.54 Å². The molecule has 3 nitrogen and oxygen atoms in total. The second-order valence-electron chi connectivity index (χ2n) is 5.36. The molecule has 1 atom stereocenters. The van der Waals surface area contributed by atoms with Crippen molar-refractivity contribution in [2.24, 2.45) is 11.7 Å². The lowest BCUT2D eigenvalue weighted by molar-refractivity contribution is -0.124. The SMILES string of the molecule is NC(=O)C1(NCC2CC2)CCc2c(Br)cccc21. The molecule has 3 rings (SSSR count). The van der Waals surface area contributed by atoms with Crippen molar-refractivity contribution in [2.75, 3.05) is 6.54 Å². The minimum atomic E-state index is -0.651. The van der Waals surface area contributed by atoms with E-state index in [2.05, 4.69) is 21.2 Å². The standard InChI is InChI=1S/C14H17BrN2O/c15-12-3-1-2-11-10(12)6-7-14(11,13(16)18)17-8-9-4-5-9/h1-3,9,17H,4-8H2,(H2,16,18). The van der Waals surface area contributed by atoms with Crippen LogP contribution < -0.4 is 11.1 Å². The number of benzene rings is 1. The number of rotatable bonds is 4. The normalized spacial score (nSPS) is 26.1. The number of hydrogen-bond acceptors (Lipinski definition) is 2. The summed E-state index contributed by atoms with van der Waals surface area (Å²) in [6, 6.07) is 6.03. The predicted octanol–water partition coefficient (Wildman–Crippen LogP) is 2.08. The summed E-state index contributed by atoms with van der Waals surface area (Å²) in [6.45, 7) is 0.898. The molecular formula is C14H17BrN2O. The zero-order valence-corrected chi connectivity index (χ0v) is 11.8. The molecule has 2 aliphatic carbocycles. The van der Waals surface area contributed by atoms with Gasteiger partial charge in [-0.15, -0.1) is 0 Å². The van der Waals surface area contributed by atoms with Crippen LogP contribution in [0.3, 0.4) is 0 Å². The molecule has 1 aromatic rings. The first-order chi connectivity index (χ1) is 8.63. The average molecular weight is 309 g/mol. The Morgan fingerprint density at radius 1 is 1.50 bits per heavy atom. The number of hydrogen-bond donors (Lipinski definition) is 2. The molecule has 0 spiro atoms. The first kappa shape index (κ1) is 12.2. The van der Waals surface area contributed by atoms with Crippen LogP contribution >= 0.6 is 15.9 Å². The highest BCUT2D eigenvalue weighted by Gasteiger charge is 2.45. The van der Waals surface area contributed by atoms with Crippen LogP contribution in [0, 0.1) is 5.92 Å². The van der Waals surface area contributed by atoms with Crippen LogP contribution in [0.15, 0.2) is 22.7 Å². The van der Waals surface area contributed by atoms with E-state index < -0.39 is 5.54 Å². The first-order valence-electron chi connectivity index (χ1n) is 6.46. The molecule has 2 aliphatic rings. The monoisotopic (exact) mass is 308 g/mol. The van der Waals surface area contributed by atoms with Gasteiger partial charge < -0.3 is 5.73 Å². The maximum Gasteiger partial charge on any atom is 0.242 e. The zero-order valence-electron chi connectivity index (χ0n) is 10.2.